The molecule has 22 heavy (non-hydrogen) atoms. The first-order valence-corrected chi connectivity index (χ1v) is 8.73. The Morgan fingerprint density at radius 2 is 1.95 bits per heavy atom. The van der Waals surface area contributed by atoms with Gasteiger partial charge in [-0.25, -0.2) is 4.79 Å². The van der Waals surface area contributed by atoms with E-state index in [4.69, 9.17) is 9.47 Å². The summed E-state index contributed by atoms with van der Waals surface area (Å²) in [4.78, 5) is 11.1. The van der Waals surface area contributed by atoms with Gasteiger partial charge in [0.25, 0.3) is 0 Å². The Labute approximate surface area is 133 Å². The lowest BCUT2D eigenvalue weighted by molar-refractivity contribution is 0.0784. The maximum absolute atomic E-state index is 11.1. The summed E-state index contributed by atoms with van der Waals surface area (Å²) in [5, 5.41) is 0. The molecule has 0 radical (unpaired) electrons. The Bertz CT molecular complexity index is 515. The molecule has 0 N–H and O–H groups in total. The molecule has 0 atom stereocenters. The third-order valence-electron chi connectivity index (χ3n) is 5.16. The molecule has 0 spiro atoms. The van der Waals surface area contributed by atoms with Gasteiger partial charge in [0.1, 0.15) is 12.4 Å². The van der Waals surface area contributed by atoms with Crippen LogP contribution in [0.1, 0.15) is 75.3 Å². The molecule has 0 unspecified atom stereocenters. The van der Waals surface area contributed by atoms with Crippen molar-refractivity contribution in [3.8, 4) is 5.75 Å². The fourth-order valence-electron chi connectivity index (χ4n) is 3.79. The molecule has 1 saturated carbocycles. The van der Waals surface area contributed by atoms with Crippen molar-refractivity contribution < 1.29 is 14.3 Å². The second-order valence-electron chi connectivity index (χ2n) is 6.72. The van der Waals surface area contributed by atoms with Crippen molar-refractivity contribution in [3.63, 3.8) is 0 Å². The number of carbonyl (C=O) groups is 1. The van der Waals surface area contributed by atoms with E-state index in [-0.39, 0.29) is 0 Å². The molecule has 1 fully saturated rings. The van der Waals surface area contributed by atoms with Gasteiger partial charge in [0.2, 0.25) is 0 Å². The Morgan fingerprint density at radius 1 is 1.14 bits per heavy atom. The molecule has 1 aromatic carbocycles. The highest BCUT2D eigenvalue weighted by atomic mass is 16.7. The van der Waals surface area contributed by atoms with Crippen molar-refractivity contribution in [1.82, 2.24) is 0 Å². The fourth-order valence-corrected chi connectivity index (χ4v) is 3.79. The van der Waals surface area contributed by atoms with Gasteiger partial charge >= 0.3 is 6.16 Å². The molecule has 120 valence electrons. The number of hydrogen-bond donors (Lipinski definition) is 0. The summed E-state index contributed by atoms with van der Waals surface area (Å²) in [6, 6.07) is 6.22. The maximum atomic E-state index is 11.1. The van der Waals surface area contributed by atoms with Crippen molar-refractivity contribution >= 4 is 6.16 Å². The van der Waals surface area contributed by atoms with Crippen LogP contribution in [0.5, 0.6) is 5.75 Å². The van der Waals surface area contributed by atoms with Gasteiger partial charge in [-0.15, -0.1) is 0 Å². The first-order valence-electron chi connectivity index (χ1n) is 8.73. The van der Waals surface area contributed by atoms with Gasteiger partial charge in [0.15, 0.2) is 0 Å². The van der Waals surface area contributed by atoms with E-state index in [1.165, 1.54) is 56.9 Å². The van der Waals surface area contributed by atoms with Crippen molar-refractivity contribution in [2.45, 2.75) is 70.8 Å². The highest BCUT2D eigenvalue weighted by molar-refractivity contribution is 5.66. The zero-order valence-electron chi connectivity index (χ0n) is 13.5. The van der Waals surface area contributed by atoms with Gasteiger partial charge in [-0.05, 0) is 55.2 Å². The molecule has 1 heterocycles. The number of unbranched alkanes of at least 4 members (excludes halogenated alkanes) is 2. The van der Waals surface area contributed by atoms with E-state index in [2.05, 4.69) is 19.1 Å². The summed E-state index contributed by atoms with van der Waals surface area (Å²) in [5.74, 6) is 2.25. The zero-order valence-corrected chi connectivity index (χ0v) is 13.5. The van der Waals surface area contributed by atoms with Gasteiger partial charge in [-0.1, -0.05) is 38.7 Å². The van der Waals surface area contributed by atoms with E-state index < -0.39 is 6.16 Å². The largest absolute Gasteiger partial charge is 0.514 e. The average Bonchev–Trinajstić information content (AvgIpc) is 2.55. The van der Waals surface area contributed by atoms with Crippen LogP contribution in [-0.4, -0.2) is 6.16 Å². The quantitative estimate of drug-likeness (QED) is 0.405. The van der Waals surface area contributed by atoms with Crippen LogP contribution in [0.2, 0.25) is 0 Å². The number of hydrogen-bond acceptors (Lipinski definition) is 3. The van der Waals surface area contributed by atoms with E-state index in [1.54, 1.807) is 0 Å². The average molecular weight is 302 g/mol. The van der Waals surface area contributed by atoms with Crippen LogP contribution in [0.4, 0.5) is 4.79 Å². The second-order valence-corrected chi connectivity index (χ2v) is 6.72. The molecule has 3 rings (SSSR count). The van der Waals surface area contributed by atoms with Crippen molar-refractivity contribution in [1.29, 1.82) is 0 Å². The number of fused-ring (bicyclic) bond motifs is 1. The summed E-state index contributed by atoms with van der Waals surface area (Å²) in [5.41, 5.74) is 2.38. The molecule has 0 saturated heterocycles. The minimum Gasteiger partial charge on any atom is -0.429 e. The lowest BCUT2D eigenvalue weighted by Crippen LogP contribution is -2.18. The third-order valence-corrected chi connectivity index (χ3v) is 5.16. The predicted octanol–water partition coefficient (Wildman–Crippen LogP) is 5.57. The molecule has 1 aliphatic heterocycles. The first-order chi connectivity index (χ1) is 10.8. The van der Waals surface area contributed by atoms with Crippen LogP contribution in [0, 0.1) is 5.92 Å². The predicted molar refractivity (Wildman–Crippen MR) is 86.1 cm³/mol. The van der Waals surface area contributed by atoms with Gasteiger partial charge in [0, 0.05) is 5.56 Å². The molecule has 0 bridgehead atoms. The van der Waals surface area contributed by atoms with Crippen LogP contribution < -0.4 is 4.74 Å². The molecule has 0 amide bonds. The van der Waals surface area contributed by atoms with E-state index in [0.717, 1.165) is 11.5 Å². The summed E-state index contributed by atoms with van der Waals surface area (Å²) in [6.45, 7) is 2.61. The molecule has 3 heteroatoms. The molecule has 3 nitrogen and oxygen atoms in total. The van der Waals surface area contributed by atoms with Gasteiger partial charge < -0.3 is 9.47 Å². The SMILES string of the molecule is CCCCCC1CCC(c2ccc3c(c2)COC(=O)O3)CC1. The van der Waals surface area contributed by atoms with Crippen LogP contribution >= 0.6 is 0 Å². The third kappa shape index (κ3) is 3.63. The standard InChI is InChI=1S/C19H26O3/c1-2-3-4-5-14-6-8-15(9-7-14)16-10-11-18-17(12-16)13-21-19(20)22-18/h10-12,14-15H,2-9,13H2,1H3. The molecule has 2 aliphatic rings. The number of benzene rings is 1. The van der Waals surface area contributed by atoms with E-state index >= 15 is 0 Å². The first kappa shape index (κ1) is 15.4. The number of carbonyl (C=O) groups excluding carboxylic acids is 1. The number of ether oxygens (including phenoxy) is 2. The molecular formula is C19H26O3. The normalized spacial score (nSPS) is 24.3. The second kappa shape index (κ2) is 7.17. The van der Waals surface area contributed by atoms with Crippen LogP contribution in [0.15, 0.2) is 18.2 Å². The fraction of sp³-hybridized carbons (Fsp3) is 0.632. The van der Waals surface area contributed by atoms with Crippen LogP contribution in [0.3, 0.4) is 0 Å². The Balaban J connectivity index is 1.56. The van der Waals surface area contributed by atoms with E-state index in [0.29, 0.717) is 18.3 Å². The summed E-state index contributed by atoms with van der Waals surface area (Å²) in [7, 11) is 0. The van der Waals surface area contributed by atoms with Crippen LogP contribution in [-0.2, 0) is 11.3 Å². The highest BCUT2D eigenvalue weighted by Crippen LogP contribution is 2.39. The highest BCUT2D eigenvalue weighted by Gasteiger charge is 2.24. The lowest BCUT2D eigenvalue weighted by Gasteiger charge is -2.29. The summed E-state index contributed by atoms with van der Waals surface area (Å²) in [6.07, 6.45) is 10.2. The number of rotatable bonds is 5. The molecule has 1 aromatic rings. The number of cyclic esters (lactones) is 1. The topological polar surface area (TPSA) is 35.5 Å². The summed E-state index contributed by atoms with van der Waals surface area (Å²) < 4.78 is 10.0. The minimum absolute atomic E-state index is 0.342. The Hall–Kier alpha value is -1.51. The van der Waals surface area contributed by atoms with Crippen molar-refractivity contribution in [2.75, 3.05) is 0 Å². The Morgan fingerprint density at radius 3 is 2.73 bits per heavy atom. The van der Waals surface area contributed by atoms with E-state index in [1.807, 2.05) is 6.07 Å². The molecule has 1 aliphatic carbocycles. The van der Waals surface area contributed by atoms with Crippen molar-refractivity contribution in [2.24, 2.45) is 5.92 Å². The van der Waals surface area contributed by atoms with E-state index in [9.17, 15) is 4.79 Å². The smallest absolute Gasteiger partial charge is 0.429 e. The zero-order chi connectivity index (χ0) is 15.4. The minimum atomic E-state index is -0.590. The lowest BCUT2D eigenvalue weighted by atomic mass is 9.77. The maximum Gasteiger partial charge on any atom is 0.514 e. The van der Waals surface area contributed by atoms with Gasteiger partial charge in [-0.3, -0.25) is 0 Å². The van der Waals surface area contributed by atoms with Crippen LogP contribution in [0.25, 0.3) is 0 Å². The van der Waals surface area contributed by atoms with Crippen molar-refractivity contribution in [3.05, 3.63) is 29.3 Å². The van der Waals surface area contributed by atoms with Gasteiger partial charge in [0.05, 0.1) is 0 Å². The monoisotopic (exact) mass is 302 g/mol. The molecular weight excluding hydrogens is 276 g/mol. The van der Waals surface area contributed by atoms with Gasteiger partial charge in [-0.2, -0.15) is 0 Å². The Kier molecular flexibility index (Phi) is 5.01. The summed E-state index contributed by atoms with van der Waals surface area (Å²) >= 11 is 0. The molecule has 0 aromatic heterocycles.